The van der Waals surface area contributed by atoms with E-state index in [4.69, 9.17) is 14.2 Å². The molecule has 0 bridgehead atoms. The number of methoxy groups -OCH3 is 2. The Bertz CT molecular complexity index is 1700. The highest BCUT2D eigenvalue weighted by molar-refractivity contribution is 7.16. The molecule has 0 aliphatic carbocycles. The average Bonchev–Trinajstić information content (AvgIpc) is 3.70. The Morgan fingerprint density at radius 2 is 1.80 bits per heavy atom. The SMILES string of the molecule is COc1ccc(CNC(=O)c2nc([C@H]3CCCN3C(=O)OCc3ccccc3)sc2NC(=O)c2ccc(F)cc2F)c(OC)c1. The smallest absolute Gasteiger partial charge is 0.410 e. The number of halogens is 2. The molecule has 45 heavy (non-hydrogen) atoms. The topological polar surface area (TPSA) is 119 Å². The normalized spacial score (nSPS) is 14.1. The molecule has 3 amide bonds. The molecule has 234 valence electrons. The number of nitrogens with zero attached hydrogens (tertiary/aromatic N) is 2. The van der Waals surface area contributed by atoms with Crippen molar-refractivity contribution in [2.75, 3.05) is 26.1 Å². The van der Waals surface area contributed by atoms with Gasteiger partial charge in [0.05, 0.1) is 25.8 Å². The molecule has 0 unspecified atom stereocenters. The standard InChI is InChI=1S/C32H30F2N4O6S/c1-42-22-12-10-20(26(16-22)43-2)17-35-29(40)27-31(37-28(39)23-13-11-21(33)15-24(23)34)45-30(36-27)25-9-6-14-38(25)32(41)44-18-19-7-4-3-5-8-19/h3-5,7-8,10-13,15-16,25H,6,9,14,17-18H2,1-2H3,(H,35,40)(H,37,39)/t25-/m1/s1. The van der Waals surface area contributed by atoms with Crippen molar-refractivity contribution in [1.82, 2.24) is 15.2 Å². The summed E-state index contributed by atoms with van der Waals surface area (Å²) in [5, 5.41) is 5.78. The van der Waals surface area contributed by atoms with Crippen LogP contribution >= 0.6 is 11.3 Å². The number of nitrogens with one attached hydrogen (secondary N) is 2. The van der Waals surface area contributed by atoms with E-state index in [1.807, 2.05) is 30.3 Å². The van der Waals surface area contributed by atoms with Gasteiger partial charge in [-0.25, -0.2) is 18.6 Å². The van der Waals surface area contributed by atoms with Gasteiger partial charge in [0.15, 0.2) is 5.69 Å². The van der Waals surface area contributed by atoms with Gasteiger partial charge in [0.1, 0.15) is 39.7 Å². The maximum Gasteiger partial charge on any atom is 0.410 e. The second-order valence-electron chi connectivity index (χ2n) is 10.1. The van der Waals surface area contributed by atoms with Crippen molar-refractivity contribution in [2.45, 2.75) is 32.0 Å². The molecule has 2 N–H and O–H groups in total. The summed E-state index contributed by atoms with van der Waals surface area (Å²) in [6.07, 6.45) is 0.692. The molecule has 2 heterocycles. The first kappa shape index (κ1) is 31.4. The number of amides is 3. The number of aromatic nitrogens is 1. The number of carbonyl (C=O) groups excluding carboxylic acids is 3. The zero-order valence-electron chi connectivity index (χ0n) is 24.5. The molecule has 1 aliphatic heterocycles. The molecule has 5 rings (SSSR count). The number of hydrogen-bond donors (Lipinski definition) is 2. The van der Waals surface area contributed by atoms with E-state index in [1.165, 1.54) is 19.1 Å². The molecule has 13 heteroatoms. The number of ether oxygens (including phenoxy) is 3. The van der Waals surface area contributed by atoms with Gasteiger partial charge < -0.3 is 24.8 Å². The summed E-state index contributed by atoms with van der Waals surface area (Å²) in [6, 6.07) is 16.5. The van der Waals surface area contributed by atoms with Crippen molar-refractivity contribution in [3.8, 4) is 11.5 Å². The molecule has 10 nitrogen and oxygen atoms in total. The molecule has 0 radical (unpaired) electrons. The zero-order valence-corrected chi connectivity index (χ0v) is 25.3. The quantitative estimate of drug-likeness (QED) is 0.216. The molecule has 1 aromatic heterocycles. The third kappa shape index (κ3) is 7.37. The molecule has 0 saturated carbocycles. The van der Waals surface area contributed by atoms with Crippen LogP contribution in [0.5, 0.6) is 11.5 Å². The van der Waals surface area contributed by atoms with E-state index >= 15 is 0 Å². The molecule has 1 saturated heterocycles. The lowest BCUT2D eigenvalue weighted by Gasteiger charge is -2.22. The summed E-state index contributed by atoms with van der Waals surface area (Å²) in [5.74, 6) is -2.34. The van der Waals surface area contributed by atoms with E-state index in [0.717, 1.165) is 29.0 Å². The summed E-state index contributed by atoms with van der Waals surface area (Å²) < 4.78 is 44.1. The van der Waals surface area contributed by atoms with Crippen LogP contribution in [0.4, 0.5) is 18.6 Å². The molecular weight excluding hydrogens is 606 g/mol. The largest absolute Gasteiger partial charge is 0.497 e. The minimum absolute atomic E-state index is 0.0439. The lowest BCUT2D eigenvalue weighted by molar-refractivity contribution is 0.0919. The van der Waals surface area contributed by atoms with Crippen LogP contribution in [0.3, 0.4) is 0 Å². The monoisotopic (exact) mass is 636 g/mol. The first-order valence-corrected chi connectivity index (χ1v) is 14.8. The Morgan fingerprint density at radius 3 is 2.53 bits per heavy atom. The van der Waals surface area contributed by atoms with Crippen LogP contribution in [0.1, 0.15) is 55.9 Å². The number of benzene rings is 3. The van der Waals surface area contributed by atoms with Gasteiger partial charge in [-0.15, -0.1) is 0 Å². The van der Waals surface area contributed by atoms with Crippen LogP contribution in [0.2, 0.25) is 0 Å². The first-order chi connectivity index (χ1) is 21.8. The fraction of sp³-hybridized carbons (Fsp3) is 0.250. The highest BCUT2D eigenvalue weighted by Crippen LogP contribution is 2.38. The number of thiazole rings is 1. The lowest BCUT2D eigenvalue weighted by atomic mass is 10.2. The Labute approximate surface area is 261 Å². The Hall–Kier alpha value is -5.04. The second-order valence-corrected chi connectivity index (χ2v) is 11.1. The van der Waals surface area contributed by atoms with Crippen molar-refractivity contribution >= 4 is 34.2 Å². The zero-order chi connectivity index (χ0) is 31.9. The Balaban J connectivity index is 1.39. The maximum absolute atomic E-state index is 14.4. The predicted octanol–water partition coefficient (Wildman–Crippen LogP) is 6.09. The average molecular weight is 637 g/mol. The van der Waals surface area contributed by atoms with Crippen LogP contribution < -0.4 is 20.1 Å². The number of rotatable bonds is 10. The van der Waals surface area contributed by atoms with Gasteiger partial charge in [-0.2, -0.15) is 0 Å². The minimum atomic E-state index is -1.06. The third-order valence-corrected chi connectivity index (χ3v) is 8.24. The highest BCUT2D eigenvalue weighted by atomic mass is 32.1. The van der Waals surface area contributed by atoms with E-state index in [9.17, 15) is 23.2 Å². The van der Waals surface area contributed by atoms with E-state index in [-0.39, 0.29) is 23.8 Å². The Kier molecular flexibility index (Phi) is 9.88. The number of anilines is 1. The number of likely N-dealkylation sites (tertiary alicyclic amines) is 1. The fourth-order valence-corrected chi connectivity index (χ4v) is 5.97. The van der Waals surface area contributed by atoms with Crippen molar-refractivity contribution in [3.63, 3.8) is 0 Å². The molecule has 1 atom stereocenters. The van der Waals surface area contributed by atoms with Gasteiger partial charge in [0.2, 0.25) is 0 Å². The van der Waals surface area contributed by atoms with Gasteiger partial charge in [-0.3, -0.25) is 14.5 Å². The minimum Gasteiger partial charge on any atom is -0.497 e. The highest BCUT2D eigenvalue weighted by Gasteiger charge is 2.35. The Morgan fingerprint density at radius 1 is 1.00 bits per heavy atom. The summed E-state index contributed by atoms with van der Waals surface area (Å²) in [7, 11) is 3.02. The van der Waals surface area contributed by atoms with Crippen LogP contribution in [0.25, 0.3) is 0 Å². The predicted molar refractivity (Wildman–Crippen MR) is 162 cm³/mol. The van der Waals surface area contributed by atoms with Gasteiger partial charge in [-0.05, 0) is 42.7 Å². The van der Waals surface area contributed by atoms with Crippen molar-refractivity contribution in [1.29, 1.82) is 0 Å². The van der Waals surface area contributed by atoms with Crippen molar-refractivity contribution in [2.24, 2.45) is 0 Å². The van der Waals surface area contributed by atoms with E-state index in [0.29, 0.717) is 47.5 Å². The van der Waals surface area contributed by atoms with Crippen molar-refractivity contribution < 1.29 is 37.4 Å². The van der Waals surface area contributed by atoms with Crippen LogP contribution in [-0.4, -0.2) is 48.6 Å². The van der Waals surface area contributed by atoms with Crippen LogP contribution in [0, 0.1) is 11.6 Å². The molecule has 1 fully saturated rings. The molecule has 4 aromatic rings. The van der Waals surface area contributed by atoms with Crippen LogP contribution in [0.15, 0.2) is 66.7 Å². The molecule has 0 spiro atoms. The lowest BCUT2D eigenvalue weighted by Crippen LogP contribution is -2.31. The maximum atomic E-state index is 14.4. The second kappa shape index (κ2) is 14.2. The van der Waals surface area contributed by atoms with E-state index in [2.05, 4.69) is 15.6 Å². The number of carbonyl (C=O) groups is 3. The molecular formula is C32H30F2N4O6S. The molecule has 1 aliphatic rings. The summed E-state index contributed by atoms with van der Waals surface area (Å²) in [5.41, 5.74) is 0.959. The van der Waals surface area contributed by atoms with Crippen LogP contribution in [-0.2, 0) is 17.9 Å². The van der Waals surface area contributed by atoms with E-state index in [1.54, 1.807) is 18.2 Å². The fourth-order valence-electron chi connectivity index (χ4n) is 4.86. The first-order valence-electron chi connectivity index (χ1n) is 14.0. The summed E-state index contributed by atoms with van der Waals surface area (Å²) in [4.78, 5) is 45.7. The van der Waals surface area contributed by atoms with Gasteiger partial charge in [0.25, 0.3) is 11.8 Å². The third-order valence-electron chi connectivity index (χ3n) is 7.17. The summed E-state index contributed by atoms with van der Waals surface area (Å²) in [6.45, 7) is 0.563. The number of hydrogen-bond acceptors (Lipinski definition) is 8. The van der Waals surface area contributed by atoms with E-state index < -0.39 is 41.1 Å². The van der Waals surface area contributed by atoms with Crippen molar-refractivity contribution in [3.05, 3.63) is 106 Å². The van der Waals surface area contributed by atoms with Gasteiger partial charge in [-0.1, -0.05) is 41.7 Å². The van der Waals surface area contributed by atoms with Gasteiger partial charge >= 0.3 is 6.09 Å². The summed E-state index contributed by atoms with van der Waals surface area (Å²) >= 11 is 0.996. The molecule has 3 aromatic carbocycles. The van der Waals surface area contributed by atoms with Gasteiger partial charge in [0, 0.05) is 30.8 Å².